The van der Waals surface area contributed by atoms with E-state index in [1.807, 2.05) is 27.0 Å². The van der Waals surface area contributed by atoms with Crippen LogP contribution in [0.15, 0.2) is 18.2 Å². The molecular formula is C14H22FNO2. The van der Waals surface area contributed by atoms with Crippen LogP contribution in [0.25, 0.3) is 0 Å². The molecule has 0 aliphatic heterocycles. The summed E-state index contributed by atoms with van der Waals surface area (Å²) < 4.78 is 18.4. The Morgan fingerprint density at radius 3 is 2.56 bits per heavy atom. The number of aliphatic hydroxyl groups excluding tert-OH is 1. The summed E-state index contributed by atoms with van der Waals surface area (Å²) in [6, 6.07) is 4.97. The molecule has 0 aliphatic carbocycles. The van der Waals surface area contributed by atoms with Crippen molar-refractivity contribution < 1.29 is 14.2 Å². The average Bonchev–Trinajstić information content (AvgIpc) is 2.28. The molecule has 0 aromatic heterocycles. The van der Waals surface area contributed by atoms with E-state index in [9.17, 15) is 9.50 Å². The Morgan fingerprint density at radius 2 is 2.06 bits per heavy atom. The van der Waals surface area contributed by atoms with Gasteiger partial charge in [0.25, 0.3) is 0 Å². The van der Waals surface area contributed by atoms with Crippen LogP contribution in [-0.4, -0.2) is 37.3 Å². The number of hydrogen-bond donors (Lipinski definition) is 1. The molecule has 0 fully saturated rings. The van der Waals surface area contributed by atoms with Crippen molar-refractivity contribution >= 4 is 0 Å². The molecule has 1 aromatic carbocycles. The van der Waals surface area contributed by atoms with E-state index in [1.165, 1.54) is 13.2 Å². The van der Waals surface area contributed by atoms with Gasteiger partial charge in [0, 0.05) is 25.1 Å². The fourth-order valence-electron chi connectivity index (χ4n) is 1.96. The highest BCUT2D eigenvalue weighted by atomic mass is 19.1. The summed E-state index contributed by atoms with van der Waals surface area (Å²) in [5.74, 6) is -0.0816. The number of rotatable bonds is 6. The topological polar surface area (TPSA) is 32.7 Å². The Labute approximate surface area is 108 Å². The summed E-state index contributed by atoms with van der Waals surface area (Å²) in [6.07, 6.45) is 0. The molecule has 102 valence electrons. The van der Waals surface area contributed by atoms with Crippen molar-refractivity contribution in [3.05, 3.63) is 29.6 Å². The van der Waals surface area contributed by atoms with Crippen molar-refractivity contribution in [1.29, 1.82) is 0 Å². The zero-order valence-electron chi connectivity index (χ0n) is 11.5. The van der Waals surface area contributed by atoms with E-state index in [0.29, 0.717) is 6.54 Å². The maximum absolute atomic E-state index is 13.5. The summed E-state index contributed by atoms with van der Waals surface area (Å²) in [7, 11) is 3.41. The molecule has 18 heavy (non-hydrogen) atoms. The molecule has 0 atom stereocenters. The first-order chi connectivity index (χ1) is 8.38. The lowest BCUT2D eigenvalue weighted by molar-refractivity contribution is 0.112. The van der Waals surface area contributed by atoms with Crippen LogP contribution in [-0.2, 0) is 6.54 Å². The molecule has 3 nitrogen and oxygen atoms in total. The summed E-state index contributed by atoms with van der Waals surface area (Å²) >= 11 is 0. The summed E-state index contributed by atoms with van der Waals surface area (Å²) in [5.41, 5.74) is 0.740. The highest BCUT2D eigenvalue weighted by Gasteiger charge is 2.19. The van der Waals surface area contributed by atoms with Crippen LogP contribution >= 0.6 is 0 Å². The fourth-order valence-corrected chi connectivity index (χ4v) is 1.96. The largest absolute Gasteiger partial charge is 0.494 e. The van der Waals surface area contributed by atoms with Gasteiger partial charge in [-0.05, 0) is 24.7 Å². The second kappa shape index (κ2) is 6.16. The van der Waals surface area contributed by atoms with E-state index in [2.05, 4.69) is 4.90 Å². The van der Waals surface area contributed by atoms with Crippen molar-refractivity contribution in [3.8, 4) is 5.75 Å². The Hall–Kier alpha value is -1.13. The number of methoxy groups -OCH3 is 1. The first kappa shape index (κ1) is 14.9. The van der Waals surface area contributed by atoms with E-state index in [4.69, 9.17) is 4.74 Å². The molecule has 0 spiro atoms. The molecule has 0 radical (unpaired) electrons. The van der Waals surface area contributed by atoms with Gasteiger partial charge in [-0.1, -0.05) is 19.9 Å². The lowest BCUT2D eigenvalue weighted by Crippen LogP contribution is -2.33. The number of aliphatic hydroxyl groups is 1. The van der Waals surface area contributed by atoms with Gasteiger partial charge < -0.3 is 14.7 Å². The Kier molecular flexibility index (Phi) is 5.11. The monoisotopic (exact) mass is 255 g/mol. The van der Waals surface area contributed by atoms with Gasteiger partial charge in [-0.2, -0.15) is 0 Å². The number of halogens is 1. The van der Waals surface area contributed by atoms with E-state index in [-0.39, 0.29) is 23.6 Å². The van der Waals surface area contributed by atoms with Crippen LogP contribution in [0, 0.1) is 11.2 Å². The van der Waals surface area contributed by atoms with Crippen molar-refractivity contribution in [3.63, 3.8) is 0 Å². The van der Waals surface area contributed by atoms with Gasteiger partial charge in [-0.25, -0.2) is 4.39 Å². The van der Waals surface area contributed by atoms with Gasteiger partial charge in [-0.3, -0.25) is 0 Å². The van der Waals surface area contributed by atoms with Crippen molar-refractivity contribution in [2.24, 2.45) is 5.41 Å². The molecular weight excluding hydrogens is 233 g/mol. The number of nitrogens with zero attached hydrogens (tertiary/aromatic N) is 1. The fraction of sp³-hybridized carbons (Fsp3) is 0.571. The van der Waals surface area contributed by atoms with E-state index in [0.717, 1.165) is 12.1 Å². The molecule has 0 saturated heterocycles. The van der Waals surface area contributed by atoms with Gasteiger partial charge in [0.1, 0.15) is 0 Å². The quantitative estimate of drug-likeness (QED) is 0.846. The zero-order valence-corrected chi connectivity index (χ0v) is 11.5. The molecule has 0 amide bonds. The minimum absolute atomic E-state index is 0.133. The first-order valence-electron chi connectivity index (χ1n) is 6.00. The maximum Gasteiger partial charge on any atom is 0.165 e. The Balaban J connectivity index is 2.65. The van der Waals surface area contributed by atoms with Gasteiger partial charge in [0.15, 0.2) is 11.6 Å². The van der Waals surface area contributed by atoms with Gasteiger partial charge >= 0.3 is 0 Å². The summed E-state index contributed by atoms with van der Waals surface area (Å²) in [6.45, 7) is 5.52. The average molecular weight is 255 g/mol. The molecule has 0 saturated carbocycles. The van der Waals surface area contributed by atoms with Gasteiger partial charge in [-0.15, -0.1) is 0 Å². The van der Waals surface area contributed by atoms with Crippen LogP contribution in [0.5, 0.6) is 5.75 Å². The molecule has 0 bridgehead atoms. The SMILES string of the molecule is COc1ccc(CN(C)CC(C)(C)CO)cc1F. The van der Waals surface area contributed by atoms with Crippen molar-refractivity contribution in [2.75, 3.05) is 27.3 Å². The van der Waals surface area contributed by atoms with E-state index in [1.54, 1.807) is 6.07 Å². The molecule has 4 heteroatoms. The molecule has 0 unspecified atom stereocenters. The van der Waals surface area contributed by atoms with Crippen LogP contribution in [0.4, 0.5) is 4.39 Å². The third-order valence-electron chi connectivity index (χ3n) is 2.79. The normalized spacial score (nSPS) is 11.9. The van der Waals surface area contributed by atoms with Crippen LogP contribution < -0.4 is 4.74 Å². The smallest absolute Gasteiger partial charge is 0.165 e. The first-order valence-corrected chi connectivity index (χ1v) is 6.00. The second-order valence-corrected chi connectivity index (χ2v) is 5.46. The van der Waals surface area contributed by atoms with Crippen LogP contribution in [0.3, 0.4) is 0 Å². The third kappa shape index (κ3) is 4.27. The predicted octanol–water partition coefficient (Wildman–Crippen LogP) is 2.28. The molecule has 1 rings (SSSR count). The van der Waals surface area contributed by atoms with E-state index < -0.39 is 0 Å². The number of ether oxygens (including phenoxy) is 1. The molecule has 1 N–H and O–H groups in total. The van der Waals surface area contributed by atoms with Crippen molar-refractivity contribution in [1.82, 2.24) is 4.90 Å². The highest BCUT2D eigenvalue weighted by Crippen LogP contribution is 2.20. The molecule has 0 aliphatic rings. The third-order valence-corrected chi connectivity index (χ3v) is 2.79. The van der Waals surface area contributed by atoms with Crippen LogP contribution in [0.2, 0.25) is 0 Å². The second-order valence-electron chi connectivity index (χ2n) is 5.46. The zero-order chi connectivity index (χ0) is 13.8. The Morgan fingerprint density at radius 1 is 1.39 bits per heavy atom. The predicted molar refractivity (Wildman–Crippen MR) is 70.2 cm³/mol. The lowest BCUT2D eigenvalue weighted by Gasteiger charge is -2.28. The van der Waals surface area contributed by atoms with Gasteiger partial charge in [0.05, 0.1) is 7.11 Å². The maximum atomic E-state index is 13.5. The van der Waals surface area contributed by atoms with Crippen LogP contribution in [0.1, 0.15) is 19.4 Å². The highest BCUT2D eigenvalue weighted by molar-refractivity contribution is 5.29. The summed E-state index contributed by atoms with van der Waals surface area (Å²) in [4.78, 5) is 2.07. The van der Waals surface area contributed by atoms with Gasteiger partial charge in [0.2, 0.25) is 0 Å². The number of benzene rings is 1. The van der Waals surface area contributed by atoms with E-state index >= 15 is 0 Å². The molecule has 1 aromatic rings. The molecule has 0 heterocycles. The Bertz CT molecular complexity index is 393. The lowest BCUT2D eigenvalue weighted by atomic mass is 9.94. The minimum Gasteiger partial charge on any atom is -0.494 e. The number of hydrogen-bond acceptors (Lipinski definition) is 3. The standard InChI is InChI=1S/C14H22FNO2/c1-14(2,10-17)9-16(3)8-11-5-6-13(18-4)12(15)7-11/h5-7,17H,8-10H2,1-4H3. The minimum atomic E-state index is -0.343. The summed E-state index contributed by atoms with van der Waals surface area (Å²) in [5, 5.41) is 9.22. The van der Waals surface area contributed by atoms with Crippen molar-refractivity contribution in [2.45, 2.75) is 20.4 Å².